The van der Waals surface area contributed by atoms with Crippen molar-refractivity contribution in [1.82, 2.24) is 10.6 Å². The third-order valence-electron chi connectivity index (χ3n) is 4.86. The lowest BCUT2D eigenvalue weighted by Crippen LogP contribution is -2.47. The lowest BCUT2D eigenvalue weighted by Gasteiger charge is -2.28. The highest BCUT2D eigenvalue weighted by atomic mass is 16.2. The second kappa shape index (κ2) is 8.98. The largest absolute Gasteiger partial charge is 0.360 e. The lowest BCUT2D eigenvalue weighted by molar-refractivity contribution is -0.123. The van der Waals surface area contributed by atoms with Crippen LogP contribution in [0.5, 0.6) is 0 Å². The Morgan fingerprint density at radius 2 is 1.83 bits per heavy atom. The second-order valence-electron chi connectivity index (χ2n) is 8.41. The monoisotopic (exact) mass is 408 g/mol. The molecule has 3 rings (SSSR count). The number of benzene rings is 2. The number of carbonyl (C=O) groups is 3. The molecule has 0 radical (unpaired) electrons. The Kier molecular flexibility index (Phi) is 6.40. The summed E-state index contributed by atoms with van der Waals surface area (Å²) in [6.07, 6.45) is 0. The van der Waals surface area contributed by atoms with Crippen molar-refractivity contribution in [2.24, 2.45) is 5.41 Å². The molecule has 1 heterocycles. The molecule has 0 spiro atoms. The smallest absolute Gasteiger partial charge is 0.251 e. The average molecular weight is 409 g/mol. The van der Waals surface area contributed by atoms with E-state index in [1.165, 1.54) is 0 Å². The highest BCUT2D eigenvalue weighted by Gasteiger charge is 2.21. The van der Waals surface area contributed by atoms with Crippen molar-refractivity contribution in [3.63, 3.8) is 0 Å². The number of amides is 3. The van der Waals surface area contributed by atoms with Gasteiger partial charge in [0.2, 0.25) is 11.8 Å². The minimum Gasteiger partial charge on any atom is -0.360 e. The van der Waals surface area contributed by atoms with Crippen molar-refractivity contribution in [3.05, 3.63) is 59.7 Å². The summed E-state index contributed by atoms with van der Waals surface area (Å²) in [5.41, 5.74) is 2.52. The SMILES string of the molecule is CC(C)(C)C(=O)Nc1cccc(C(=O)NCc2ccc(N3CCNC(=O)C3)cc2)c1. The van der Waals surface area contributed by atoms with Gasteiger partial charge < -0.3 is 20.9 Å². The predicted octanol–water partition coefficient (Wildman–Crippen LogP) is 2.54. The molecule has 158 valence electrons. The fourth-order valence-electron chi connectivity index (χ4n) is 3.02. The standard InChI is InChI=1S/C23H28N4O3/c1-23(2,3)22(30)26-18-6-4-5-17(13-18)21(29)25-14-16-7-9-19(10-8-16)27-12-11-24-20(28)15-27/h4-10,13H,11-12,14-15H2,1-3H3,(H,24,28)(H,25,29)(H,26,30). The minimum absolute atomic E-state index is 0.0264. The van der Waals surface area contributed by atoms with Crippen molar-refractivity contribution in [2.45, 2.75) is 27.3 Å². The van der Waals surface area contributed by atoms with Crippen LogP contribution in [0, 0.1) is 5.41 Å². The van der Waals surface area contributed by atoms with Crippen LogP contribution >= 0.6 is 0 Å². The molecule has 0 aliphatic carbocycles. The Bertz CT molecular complexity index is 932. The molecule has 1 aliphatic rings. The van der Waals surface area contributed by atoms with Gasteiger partial charge in [0.1, 0.15) is 0 Å². The van der Waals surface area contributed by atoms with E-state index in [0.717, 1.165) is 17.8 Å². The summed E-state index contributed by atoms with van der Waals surface area (Å²) in [5, 5.41) is 8.55. The third-order valence-corrected chi connectivity index (χ3v) is 4.86. The summed E-state index contributed by atoms with van der Waals surface area (Å²) in [7, 11) is 0. The molecule has 0 atom stereocenters. The summed E-state index contributed by atoms with van der Waals surface area (Å²) in [6, 6.07) is 14.7. The number of rotatable bonds is 5. The first-order valence-corrected chi connectivity index (χ1v) is 10.0. The maximum Gasteiger partial charge on any atom is 0.251 e. The quantitative estimate of drug-likeness (QED) is 0.709. The summed E-state index contributed by atoms with van der Waals surface area (Å²) in [4.78, 5) is 38.2. The molecule has 2 aromatic carbocycles. The van der Waals surface area contributed by atoms with Gasteiger partial charge in [-0.15, -0.1) is 0 Å². The number of hydrogen-bond donors (Lipinski definition) is 3. The average Bonchev–Trinajstić information content (AvgIpc) is 2.72. The van der Waals surface area contributed by atoms with Gasteiger partial charge in [-0.1, -0.05) is 39.0 Å². The van der Waals surface area contributed by atoms with Crippen LogP contribution < -0.4 is 20.9 Å². The molecule has 0 aromatic heterocycles. The van der Waals surface area contributed by atoms with E-state index in [0.29, 0.717) is 30.9 Å². The van der Waals surface area contributed by atoms with E-state index in [1.807, 2.05) is 49.9 Å². The molecular formula is C23H28N4O3. The first kappa shape index (κ1) is 21.4. The molecule has 0 saturated carbocycles. The van der Waals surface area contributed by atoms with Crippen molar-refractivity contribution >= 4 is 29.1 Å². The van der Waals surface area contributed by atoms with Crippen LogP contribution in [-0.2, 0) is 16.1 Å². The van der Waals surface area contributed by atoms with Gasteiger partial charge in [-0.25, -0.2) is 0 Å². The zero-order chi connectivity index (χ0) is 21.7. The lowest BCUT2D eigenvalue weighted by atomic mass is 9.95. The second-order valence-corrected chi connectivity index (χ2v) is 8.41. The molecule has 3 amide bonds. The number of nitrogens with zero attached hydrogens (tertiary/aromatic N) is 1. The van der Waals surface area contributed by atoms with Crippen molar-refractivity contribution < 1.29 is 14.4 Å². The number of piperazine rings is 1. The highest BCUT2D eigenvalue weighted by molar-refractivity contribution is 5.98. The van der Waals surface area contributed by atoms with Crippen LogP contribution in [0.25, 0.3) is 0 Å². The zero-order valence-corrected chi connectivity index (χ0v) is 17.6. The number of hydrogen-bond acceptors (Lipinski definition) is 4. The topological polar surface area (TPSA) is 90.5 Å². The summed E-state index contributed by atoms with van der Waals surface area (Å²) in [5.74, 6) is -0.288. The molecule has 1 saturated heterocycles. The number of carbonyl (C=O) groups excluding carboxylic acids is 3. The molecule has 1 aliphatic heterocycles. The molecule has 2 aromatic rings. The molecule has 0 unspecified atom stereocenters. The van der Waals surface area contributed by atoms with E-state index in [1.54, 1.807) is 24.3 Å². The van der Waals surface area contributed by atoms with Gasteiger partial charge in [-0.05, 0) is 35.9 Å². The van der Waals surface area contributed by atoms with Crippen molar-refractivity contribution in [2.75, 3.05) is 29.9 Å². The van der Waals surface area contributed by atoms with E-state index >= 15 is 0 Å². The van der Waals surface area contributed by atoms with E-state index in [9.17, 15) is 14.4 Å². The summed E-state index contributed by atoms with van der Waals surface area (Å²) >= 11 is 0. The van der Waals surface area contributed by atoms with Gasteiger partial charge in [0.05, 0.1) is 6.54 Å². The molecular weight excluding hydrogens is 380 g/mol. The van der Waals surface area contributed by atoms with Gasteiger partial charge in [-0.2, -0.15) is 0 Å². The van der Waals surface area contributed by atoms with Gasteiger partial charge >= 0.3 is 0 Å². The molecule has 30 heavy (non-hydrogen) atoms. The zero-order valence-electron chi connectivity index (χ0n) is 17.6. The van der Waals surface area contributed by atoms with Gasteiger partial charge in [0, 0.05) is 42.0 Å². The Hall–Kier alpha value is -3.35. The molecule has 7 nitrogen and oxygen atoms in total. The number of nitrogens with one attached hydrogen (secondary N) is 3. The normalized spacial score (nSPS) is 14.1. The van der Waals surface area contributed by atoms with Gasteiger partial charge in [0.25, 0.3) is 5.91 Å². The Morgan fingerprint density at radius 3 is 2.50 bits per heavy atom. The molecule has 0 bridgehead atoms. The summed E-state index contributed by atoms with van der Waals surface area (Å²) in [6.45, 7) is 7.69. The van der Waals surface area contributed by atoms with Crippen LogP contribution in [0.2, 0.25) is 0 Å². The van der Waals surface area contributed by atoms with Crippen LogP contribution in [0.3, 0.4) is 0 Å². The van der Waals surface area contributed by atoms with E-state index in [4.69, 9.17) is 0 Å². The van der Waals surface area contributed by atoms with Gasteiger partial charge in [0.15, 0.2) is 0 Å². The van der Waals surface area contributed by atoms with Crippen molar-refractivity contribution in [3.8, 4) is 0 Å². The number of anilines is 2. The van der Waals surface area contributed by atoms with Gasteiger partial charge in [-0.3, -0.25) is 14.4 Å². The Balaban J connectivity index is 1.57. The fraction of sp³-hybridized carbons (Fsp3) is 0.348. The highest BCUT2D eigenvalue weighted by Crippen LogP contribution is 2.19. The van der Waals surface area contributed by atoms with Crippen LogP contribution in [-0.4, -0.2) is 37.4 Å². The van der Waals surface area contributed by atoms with Crippen LogP contribution in [0.4, 0.5) is 11.4 Å². The van der Waals surface area contributed by atoms with Crippen molar-refractivity contribution in [1.29, 1.82) is 0 Å². The Morgan fingerprint density at radius 1 is 1.10 bits per heavy atom. The molecule has 1 fully saturated rings. The molecule has 7 heteroatoms. The third kappa shape index (κ3) is 5.59. The van der Waals surface area contributed by atoms with Crippen LogP contribution in [0.15, 0.2) is 48.5 Å². The molecule has 3 N–H and O–H groups in total. The van der Waals surface area contributed by atoms with E-state index < -0.39 is 5.41 Å². The van der Waals surface area contributed by atoms with E-state index in [-0.39, 0.29) is 17.7 Å². The fourth-order valence-corrected chi connectivity index (χ4v) is 3.02. The minimum atomic E-state index is -0.511. The first-order chi connectivity index (χ1) is 14.2. The van der Waals surface area contributed by atoms with Crippen LogP contribution in [0.1, 0.15) is 36.7 Å². The van der Waals surface area contributed by atoms with E-state index in [2.05, 4.69) is 16.0 Å². The Labute approximate surface area is 176 Å². The summed E-state index contributed by atoms with van der Waals surface area (Å²) < 4.78 is 0. The first-order valence-electron chi connectivity index (χ1n) is 10.0. The maximum absolute atomic E-state index is 12.5. The predicted molar refractivity (Wildman–Crippen MR) is 117 cm³/mol. The maximum atomic E-state index is 12.5.